The standard InChI is InChI=1S/C15H14ClF2N3O.C2H6/c1-8-6-19-21-9(2)7-20(15(22)13(8)21)10-3-4-11(14(17)18)12(16)5-10;1-2/h3-6,9,14H,7H2,1-2H3;1-2H3. The molecule has 0 saturated heterocycles. The third-order valence-electron chi connectivity index (χ3n) is 3.82. The Hall–Kier alpha value is -1.95. The van der Waals surface area contributed by atoms with Crippen molar-refractivity contribution in [1.29, 1.82) is 0 Å². The first kappa shape index (κ1) is 18.4. The summed E-state index contributed by atoms with van der Waals surface area (Å²) >= 11 is 5.90. The minimum absolute atomic E-state index is 0.00468. The van der Waals surface area contributed by atoms with E-state index >= 15 is 0 Å². The number of hydrogen-bond acceptors (Lipinski definition) is 2. The molecule has 0 fully saturated rings. The van der Waals surface area contributed by atoms with Gasteiger partial charge in [0.15, 0.2) is 0 Å². The summed E-state index contributed by atoms with van der Waals surface area (Å²) in [6, 6.07) is 4.17. The van der Waals surface area contributed by atoms with Crippen LogP contribution in [-0.4, -0.2) is 22.2 Å². The van der Waals surface area contributed by atoms with Gasteiger partial charge in [-0.3, -0.25) is 9.48 Å². The van der Waals surface area contributed by atoms with E-state index in [1.807, 2.05) is 27.7 Å². The Morgan fingerprint density at radius 2 is 2.00 bits per heavy atom. The summed E-state index contributed by atoms with van der Waals surface area (Å²) in [6.07, 6.45) is -0.985. The Balaban J connectivity index is 0.00000100. The van der Waals surface area contributed by atoms with Crippen molar-refractivity contribution in [1.82, 2.24) is 9.78 Å². The van der Waals surface area contributed by atoms with Crippen molar-refractivity contribution in [2.24, 2.45) is 0 Å². The molecule has 1 aromatic heterocycles. The van der Waals surface area contributed by atoms with Crippen molar-refractivity contribution in [3.63, 3.8) is 0 Å². The van der Waals surface area contributed by atoms with Crippen LogP contribution in [0.2, 0.25) is 5.02 Å². The lowest BCUT2D eigenvalue weighted by atomic mass is 10.1. The van der Waals surface area contributed by atoms with E-state index in [-0.39, 0.29) is 22.5 Å². The molecule has 3 rings (SSSR count). The number of carbonyl (C=O) groups excluding carboxylic acids is 1. The smallest absolute Gasteiger partial charge is 0.276 e. The summed E-state index contributed by atoms with van der Waals surface area (Å²) in [4.78, 5) is 14.2. The van der Waals surface area contributed by atoms with Gasteiger partial charge in [0.1, 0.15) is 5.69 Å². The monoisotopic (exact) mass is 355 g/mol. The Kier molecular flexibility index (Phi) is 5.59. The van der Waals surface area contributed by atoms with E-state index in [1.54, 1.807) is 15.8 Å². The van der Waals surface area contributed by atoms with Crippen LogP contribution in [0.3, 0.4) is 0 Å². The molecule has 0 radical (unpaired) electrons. The Morgan fingerprint density at radius 3 is 2.58 bits per heavy atom. The summed E-state index contributed by atoms with van der Waals surface area (Å²) in [5.74, 6) is -0.200. The van der Waals surface area contributed by atoms with E-state index < -0.39 is 6.43 Å². The first-order valence-corrected chi connectivity index (χ1v) is 8.21. The Bertz CT molecular complexity index is 745. The minimum Gasteiger partial charge on any atom is -0.305 e. The molecule has 130 valence electrons. The van der Waals surface area contributed by atoms with Crippen LogP contribution in [0.5, 0.6) is 0 Å². The fourth-order valence-corrected chi connectivity index (χ4v) is 2.94. The normalized spacial score (nSPS) is 16.8. The van der Waals surface area contributed by atoms with Crippen molar-refractivity contribution in [3.8, 4) is 0 Å². The van der Waals surface area contributed by atoms with E-state index in [1.165, 1.54) is 18.2 Å². The van der Waals surface area contributed by atoms with E-state index in [4.69, 9.17) is 11.6 Å². The van der Waals surface area contributed by atoms with E-state index in [2.05, 4.69) is 5.10 Å². The molecule has 0 spiro atoms. The van der Waals surface area contributed by atoms with Gasteiger partial charge in [-0.1, -0.05) is 25.4 Å². The van der Waals surface area contributed by atoms with Crippen LogP contribution < -0.4 is 4.90 Å². The van der Waals surface area contributed by atoms with Gasteiger partial charge < -0.3 is 4.90 Å². The van der Waals surface area contributed by atoms with Crippen LogP contribution in [0.4, 0.5) is 14.5 Å². The van der Waals surface area contributed by atoms with Crippen LogP contribution in [-0.2, 0) is 0 Å². The molecule has 4 nitrogen and oxygen atoms in total. The molecule has 0 aliphatic carbocycles. The highest BCUT2D eigenvalue weighted by atomic mass is 35.5. The molecule has 1 aromatic carbocycles. The molecular formula is C17H20ClF2N3O. The second-order valence-corrected chi connectivity index (χ2v) is 5.80. The van der Waals surface area contributed by atoms with Gasteiger partial charge in [-0.05, 0) is 32.0 Å². The maximum absolute atomic E-state index is 12.8. The number of nitrogens with zero attached hydrogens (tertiary/aromatic N) is 3. The lowest BCUT2D eigenvalue weighted by molar-refractivity contribution is 0.0952. The molecule has 1 amide bonds. The van der Waals surface area contributed by atoms with Gasteiger partial charge in [-0.25, -0.2) is 8.78 Å². The molecule has 24 heavy (non-hydrogen) atoms. The molecular weight excluding hydrogens is 336 g/mol. The summed E-state index contributed by atoms with van der Waals surface area (Å²) in [6.45, 7) is 8.18. The van der Waals surface area contributed by atoms with E-state index in [0.29, 0.717) is 17.9 Å². The lowest BCUT2D eigenvalue weighted by Gasteiger charge is -2.32. The Morgan fingerprint density at radius 1 is 1.33 bits per heavy atom. The fourth-order valence-electron chi connectivity index (χ4n) is 2.69. The molecule has 7 heteroatoms. The number of aromatic nitrogens is 2. The first-order valence-electron chi connectivity index (χ1n) is 7.83. The number of carbonyl (C=O) groups is 1. The van der Waals surface area contributed by atoms with Gasteiger partial charge in [0, 0.05) is 23.4 Å². The predicted octanol–water partition coefficient (Wildman–Crippen LogP) is 5.03. The lowest BCUT2D eigenvalue weighted by Crippen LogP contribution is -2.42. The largest absolute Gasteiger partial charge is 0.305 e. The number of hydrogen-bond donors (Lipinski definition) is 0. The zero-order chi connectivity index (χ0) is 18.0. The molecule has 2 heterocycles. The maximum atomic E-state index is 12.8. The zero-order valence-corrected chi connectivity index (χ0v) is 14.8. The topological polar surface area (TPSA) is 38.1 Å². The molecule has 0 bridgehead atoms. The number of benzene rings is 1. The van der Waals surface area contributed by atoms with E-state index in [0.717, 1.165) is 5.56 Å². The molecule has 1 atom stereocenters. The summed E-state index contributed by atoms with van der Waals surface area (Å²) in [5, 5.41) is 4.18. The van der Waals surface area contributed by atoms with Crippen molar-refractivity contribution >= 4 is 23.2 Å². The van der Waals surface area contributed by atoms with Gasteiger partial charge in [-0.2, -0.15) is 5.10 Å². The average molecular weight is 356 g/mol. The predicted molar refractivity (Wildman–Crippen MR) is 91.1 cm³/mol. The molecule has 0 saturated carbocycles. The first-order chi connectivity index (χ1) is 11.4. The molecule has 1 aliphatic heterocycles. The summed E-state index contributed by atoms with van der Waals surface area (Å²) in [7, 11) is 0. The van der Waals surface area contributed by atoms with Gasteiger partial charge in [0.2, 0.25) is 0 Å². The van der Waals surface area contributed by atoms with Crippen LogP contribution in [0.1, 0.15) is 54.9 Å². The SMILES string of the molecule is CC.Cc1cnn2c1C(=O)N(c1ccc(C(F)F)c(Cl)c1)CC2C. The van der Waals surface area contributed by atoms with Crippen LogP contribution in [0.15, 0.2) is 24.4 Å². The summed E-state index contributed by atoms with van der Waals surface area (Å²) < 4.78 is 27.2. The third-order valence-corrected chi connectivity index (χ3v) is 4.15. The second kappa shape index (κ2) is 7.30. The number of fused-ring (bicyclic) bond motifs is 1. The quantitative estimate of drug-likeness (QED) is 0.757. The number of rotatable bonds is 2. The van der Waals surface area contributed by atoms with Gasteiger partial charge in [-0.15, -0.1) is 0 Å². The van der Waals surface area contributed by atoms with E-state index in [9.17, 15) is 13.6 Å². The molecule has 0 N–H and O–H groups in total. The van der Waals surface area contributed by atoms with Crippen LogP contribution in [0, 0.1) is 6.92 Å². The molecule has 2 aromatic rings. The number of aryl methyl sites for hydroxylation is 1. The van der Waals surface area contributed by atoms with Crippen molar-refractivity contribution in [2.75, 3.05) is 11.4 Å². The maximum Gasteiger partial charge on any atom is 0.276 e. The molecule has 1 unspecified atom stereocenters. The van der Waals surface area contributed by atoms with Gasteiger partial charge in [0.05, 0.1) is 17.3 Å². The van der Waals surface area contributed by atoms with Gasteiger partial charge >= 0.3 is 0 Å². The number of alkyl halides is 2. The highest BCUT2D eigenvalue weighted by Gasteiger charge is 2.32. The highest BCUT2D eigenvalue weighted by Crippen LogP contribution is 2.33. The van der Waals surface area contributed by atoms with Crippen molar-refractivity contribution < 1.29 is 13.6 Å². The van der Waals surface area contributed by atoms with Crippen LogP contribution in [0.25, 0.3) is 0 Å². The zero-order valence-electron chi connectivity index (χ0n) is 14.1. The fraction of sp³-hybridized carbons (Fsp3) is 0.412. The van der Waals surface area contributed by atoms with Crippen LogP contribution >= 0.6 is 11.6 Å². The number of anilines is 1. The number of amides is 1. The third kappa shape index (κ3) is 3.15. The average Bonchev–Trinajstić information content (AvgIpc) is 2.95. The highest BCUT2D eigenvalue weighted by molar-refractivity contribution is 6.31. The van der Waals surface area contributed by atoms with Gasteiger partial charge in [0.25, 0.3) is 12.3 Å². The minimum atomic E-state index is -2.64. The van der Waals surface area contributed by atoms with Crippen molar-refractivity contribution in [3.05, 3.63) is 46.2 Å². The Labute approximate surface area is 145 Å². The second-order valence-electron chi connectivity index (χ2n) is 5.39. The summed E-state index contributed by atoms with van der Waals surface area (Å²) in [5.41, 5.74) is 1.59. The van der Waals surface area contributed by atoms with Crippen molar-refractivity contribution in [2.45, 2.75) is 40.2 Å². The molecule has 1 aliphatic rings. The number of halogens is 3.